The van der Waals surface area contributed by atoms with Crippen LogP contribution in [0.4, 0.5) is 0 Å². The average molecular weight is 387 g/mol. The third-order valence-corrected chi connectivity index (χ3v) is 3.80. The van der Waals surface area contributed by atoms with Crippen molar-refractivity contribution in [2.75, 3.05) is 6.61 Å². The zero-order valence-electron chi connectivity index (χ0n) is 15.5. The van der Waals surface area contributed by atoms with E-state index in [1.807, 2.05) is 43.3 Å². The van der Waals surface area contributed by atoms with Gasteiger partial charge in [-0.1, -0.05) is 29.8 Å². The number of carbonyl (C=O) groups is 1. The Bertz CT molecular complexity index is 817. The Balaban J connectivity index is 2.31. The first-order valence-corrected chi connectivity index (χ1v) is 8.98. The quantitative estimate of drug-likeness (QED) is 0.391. The normalized spacial score (nSPS) is 10.6. The molecule has 0 aliphatic carbocycles. The Kier molecular flexibility index (Phi) is 7.89. The lowest BCUT2D eigenvalue weighted by Gasteiger charge is -2.17. The average Bonchev–Trinajstić information content (AvgIpc) is 2.63. The molecular formula is C21H23ClN2O3. The summed E-state index contributed by atoms with van der Waals surface area (Å²) < 4.78 is 11.8. The molecule has 0 bridgehead atoms. The van der Waals surface area contributed by atoms with Gasteiger partial charge >= 0.3 is 0 Å². The van der Waals surface area contributed by atoms with Gasteiger partial charge in [0.25, 0.3) is 0 Å². The fourth-order valence-corrected chi connectivity index (χ4v) is 2.55. The summed E-state index contributed by atoms with van der Waals surface area (Å²) in [6.07, 6.45) is 3.98. The molecule has 0 aromatic heterocycles. The van der Waals surface area contributed by atoms with Crippen LogP contribution in [0.3, 0.4) is 0 Å². The molecule has 0 saturated heterocycles. The number of ether oxygens (including phenoxy) is 2. The highest BCUT2D eigenvalue weighted by Gasteiger charge is 2.13. The lowest BCUT2D eigenvalue weighted by molar-refractivity contribution is -0.118. The second-order valence-electron chi connectivity index (χ2n) is 5.77. The largest absolute Gasteiger partial charge is 0.490 e. The summed E-state index contributed by atoms with van der Waals surface area (Å²) in [5.41, 5.74) is 5.11. The van der Waals surface area contributed by atoms with Gasteiger partial charge in [-0.25, -0.2) is 5.43 Å². The summed E-state index contributed by atoms with van der Waals surface area (Å²) in [5, 5.41) is 4.60. The van der Waals surface area contributed by atoms with Crippen LogP contribution in [0.25, 0.3) is 0 Å². The summed E-state index contributed by atoms with van der Waals surface area (Å²) in [6.45, 7) is 8.01. The third kappa shape index (κ3) is 6.46. The lowest BCUT2D eigenvalue weighted by atomic mass is 10.1. The molecule has 6 heteroatoms. The molecule has 0 aliphatic heterocycles. The van der Waals surface area contributed by atoms with Gasteiger partial charge < -0.3 is 9.47 Å². The predicted molar refractivity (Wildman–Crippen MR) is 109 cm³/mol. The number of carbonyl (C=O) groups excluding carboxylic acids is 1. The van der Waals surface area contributed by atoms with Crippen molar-refractivity contribution in [3.8, 4) is 11.5 Å². The fraction of sp³-hybridized carbons (Fsp3) is 0.238. The van der Waals surface area contributed by atoms with Gasteiger partial charge in [0.05, 0.1) is 12.8 Å². The number of hydrogen-bond acceptors (Lipinski definition) is 4. The maximum atomic E-state index is 11.0. The van der Waals surface area contributed by atoms with E-state index in [1.165, 1.54) is 6.92 Å². The molecule has 0 radical (unpaired) electrons. The van der Waals surface area contributed by atoms with E-state index in [0.29, 0.717) is 36.2 Å². The summed E-state index contributed by atoms with van der Waals surface area (Å²) in [4.78, 5) is 11.0. The molecule has 2 aromatic carbocycles. The molecule has 0 fully saturated rings. The third-order valence-electron chi connectivity index (χ3n) is 3.55. The van der Waals surface area contributed by atoms with Crippen molar-refractivity contribution in [2.24, 2.45) is 5.10 Å². The number of halogens is 1. The number of benzene rings is 2. The minimum Gasteiger partial charge on any atom is -0.490 e. The van der Waals surface area contributed by atoms with Crippen LogP contribution in [0.2, 0.25) is 5.02 Å². The van der Waals surface area contributed by atoms with Crippen molar-refractivity contribution in [1.29, 1.82) is 0 Å². The first-order valence-electron chi connectivity index (χ1n) is 8.61. The Labute approximate surface area is 164 Å². The van der Waals surface area contributed by atoms with Gasteiger partial charge in [-0.15, -0.1) is 6.58 Å². The highest BCUT2D eigenvalue weighted by atomic mass is 35.5. The van der Waals surface area contributed by atoms with Crippen molar-refractivity contribution in [3.63, 3.8) is 0 Å². The Hall–Kier alpha value is -2.79. The number of nitrogens with one attached hydrogen (secondary N) is 1. The Morgan fingerprint density at radius 3 is 2.63 bits per heavy atom. The van der Waals surface area contributed by atoms with E-state index in [1.54, 1.807) is 12.3 Å². The van der Waals surface area contributed by atoms with E-state index >= 15 is 0 Å². The first kappa shape index (κ1) is 20.5. The molecule has 1 N–H and O–H groups in total. The second kappa shape index (κ2) is 10.4. The summed E-state index contributed by atoms with van der Waals surface area (Å²) >= 11 is 5.93. The highest BCUT2D eigenvalue weighted by Crippen LogP contribution is 2.34. The van der Waals surface area contributed by atoms with Crippen molar-refractivity contribution >= 4 is 23.7 Å². The van der Waals surface area contributed by atoms with Crippen molar-refractivity contribution in [3.05, 3.63) is 70.8 Å². The smallest absolute Gasteiger partial charge is 0.236 e. The van der Waals surface area contributed by atoms with E-state index in [4.69, 9.17) is 21.1 Å². The van der Waals surface area contributed by atoms with E-state index in [0.717, 1.165) is 16.7 Å². The van der Waals surface area contributed by atoms with Crippen LogP contribution in [0.5, 0.6) is 11.5 Å². The van der Waals surface area contributed by atoms with Crippen LogP contribution in [-0.4, -0.2) is 18.7 Å². The van der Waals surface area contributed by atoms with E-state index in [2.05, 4.69) is 17.1 Å². The molecule has 0 unspecified atom stereocenters. The topological polar surface area (TPSA) is 59.9 Å². The lowest BCUT2D eigenvalue weighted by Crippen LogP contribution is -2.12. The van der Waals surface area contributed by atoms with Crippen molar-refractivity contribution in [2.45, 2.75) is 26.9 Å². The van der Waals surface area contributed by atoms with Gasteiger partial charge in [-0.2, -0.15) is 5.10 Å². The Morgan fingerprint density at radius 1 is 1.26 bits per heavy atom. The van der Waals surface area contributed by atoms with Crippen molar-refractivity contribution < 1.29 is 14.3 Å². The molecule has 0 heterocycles. The zero-order chi connectivity index (χ0) is 19.6. The zero-order valence-corrected chi connectivity index (χ0v) is 16.3. The molecule has 0 aliphatic rings. The number of amides is 1. The van der Waals surface area contributed by atoms with E-state index in [9.17, 15) is 4.79 Å². The van der Waals surface area contributed by atoms with Crippen molar-refractivity contribution in [1.82, 2.24) is 5.43 Å². The summed E-state index contributed by atoms with van der Waals surface area (Å²) in [5.74, 6) is 1.06. The molecule has 1 amide bonds. The molecule has 2 aromatic rings. The standard InChI is InChI=1S/C21H23ClN2O3/c1-4-6-18-11-17(13-23-24-15(3)25)12-20(26-5-2)21(18)27-14-16-7-9-19(22)10-8-16/h4,7-13H,1,5-6,14H2,2-3H3,(H,24,25)/b23-13-. The molecule has 0 atom stereocenters. The number of allylic oxidation sites excluding steroid dienone is 1. The molecule has 0 spiro atoms. The maximum Gasteiger partial charge on any atom is 0.236 e. The molecule has 5 nitrogen and oxygen atoms in total. The van der Waals surface area contributed by atoms with Crippen LogP contribution in [0, 0.1) is 0 Å². The maximum absolute atomic E-state index is 11.0. The molecular weight excluding hydrogens is 364 g/mol. The number of hydrogen-bond donors (Lipinski definition) is 1. The van der Waals surface area contributed by atoms with E-state index in [-0.39, 0.29) is 5.91 Å². The fourth-order valence-electron chi connectivity index (χ4n) is 2.43. The monoisotopic (exact) mass is 386 g/mol. The van der Waals surface area contributed by atoms with Gasteiger partial charge in [-0.3, -0.25) is 4.79 Å². The molecule has 0 saturated carbocycles. The summed E-state index contributed by atoms with van der Waals surface area (Å²) in [6, 6.07) is 11.3. The van der Waals surface area contributed by atoms with Crippen LogP contribution in [0.1, 0.15) is 30.5 Å². The number of rotatable bonds is 9. The molecule has 2 rings (SSSR count). The van der Waals surface area contributed by atoms with Crippen LogP contribution < -0.4 is 14.9 Å². The summed E-state index contributed by atoms with van der Waals surface area (Å²) in [7, 11) is 0. The van der Waals surface area contributed by atoms with E-state index < -0.39 is 0 Å². The molecule has 27 heavy (non-hydrogen) atoms. The SMILES string of the molecule is C=CCc1cc(/C=N\NC(C)=O)cc(OCC)c1OCc1ccc(Cl)cc1. The van der Waals surface area contributed by atoms with Crippen LogP contribution in [-0.2, 0) is 17.8 Å². The molecule has 142 valence electrons. The van der Waals surface area contributed by atoms with Gasteiger partial charge in [0, 0.05) is 17.5 Å². The minimum atomic E-state index is -0.231. The van der Waals surface area contributed by atoms with Gasteiger partial charge in [0.2, 0.25) is 5.91 Å². The van der Waals surface area contributed by atoms with Gasteiger partial charge in [-0.05, 0) is 48.7 Å². The van der Waals surface area contributed by atoms with Crippen LogP contribution in [0.15, 0.2) is 54.2 Å². The second-order valence-corrected chi connectivity index (χ2v) is 6.21. The minimum absolute atomic E-state index is 0.231. The van der Waals surface area contributed by atoms with Crippen LogP contribution >= 0.6 is 11.6 Å². The Morgan fingerprint density at radius 2 is 2.00 bits per heavy atom. The number of nitrogens with zero attached hydrogens (tertiary/aromatic N) is 1. The first-order chi connectivity index (χ1) is 13.0. The highest BCUT2D eigenvalue weighted by molar-refractivity contribution is 6.30. The predicted octanol–water partition coefficient (Wildman–Crippen LogP) is 4.52. The number of hydrazone groups is 1. The van der Waals surface area contributed by atoms with Gasteiger partial charge in [0.15, 0.2) is 11.5 Å². The van der Waals surface area contributed by atoms with Gasteiger partial charge in [0.1, 0.15) is 6.61 Å².